The Labute approximate surface area is 233 Å². The minimum atomic E-state index is -0.769. The lowest BCUT2D eigenvalue weighted by Gasteiger charge is -2.32. The molecule has 0 spiro atoms. The summed E-state index contributed by atoms with van der Waals surface area (Å²) in [5.41, 5.74) is 1.02. The van der Waals surface area contributed by atoms with Crippen molar-refractivity contribution in [2.75, 3.05) is 26.4 Å². The van der Waals surface area contributed by atoms with Gasteiger partial charge in [0.05, 0.1) is 26.4 Å². The number of carbonyl (C=O) groups excluding carboxylic acids is 1. The molecule has 2 aromatic carbocycles. The average molecular weight is 547 g/mol. The summed E-state index contributed by atoms with van der Waals surface area (Å²) >= 11 is 0. The first-order valence-corrected chi connectivity index (χ1v) is 13.8. The van der Waals surface area contributed by atoms with Crippen molar-refractivity contribution in [3.05, 3.63) is 59.7 Å². The Hall–Kier alpha value is -2.65. The van der Waals surface area contributed by atoms with Crippen LogP contribution < -0.4 is 9.47 Å². The molecule has 0 aliphatic heterocycles. The van der Waals surface area contributed by atoms with Gasteiger partial charge in [-0.3, -0.25) is 4.79 Å². The van der Waals surface area contributed by atoms with E-state index in [9.17, 15) is 4.79 Å². The second kappa shape index (κ2) is 15.8. The topological polar surface area (TPSA) is 81.7 Å². The Kier molecular flexibility index (Phi) is 13.2. The molecule has 0 amide bonds. The van der Waals surface area contributed by atoms with Crippen molar-refractivity contribution in [1.29, 1.82) is 0 Å². The highest BCUT2D eigenvalue weighted by Gasteiger charge is 2.31. The van der Waals surface area contributed by atoms with Crippen LogP contribution in [0.2, 0.25) is 0 Å². The summed E-state index contributed by atoms with van der Waals surface area (Å²) in [4.78, 5) is 12.6. The number of esters is 1. The third kappa shape index (κ3) is 10.8. The average Bonchev–Trinajstić information content (AvgIpc) is 2.88. The zero-order valence-corrected chi connectivity index (χ0v) is 24.8. The molecule has 2 aromatic rings. The Morgan fingerprint density at radius 2 is 1.00 bits per heavy atom. The molecule has 0 unspecified atom stereocenters. The van der Waals surface area contributed by atoms with Crippen LogP contribution >= 0.6 is 0 Å². The zero-order chi connectivity index (χ0) is 28.9. The molecule has 39 heavy (non-hydrogen) atoms. The van der Waals surface area contributed by atoms with Crippen LogP contribution in [-0.4, -0.2) is 51.0 Å². The van der Waals surface area contributed by atoms with Crippen molar-refractivity contribution in [3.63, 3.8) is 0 Å². The first kappa shape index (κ1) is 32.6. The normalized spacial score (nSPS) is 12.2. The fourth-order valence-electron chi connectivity index (χ4n) is 4.00. The van der Waals surface area contributed by atoms with Crippen molar-refractivity contribution >= 4 is 5.97 Å². The lowest BCUT2D eigenvalue weighted by Crippen LogP contribution is -2.28. The smallest absolute Gasteiger partial charge is 0.315 e. The molecule has 0 N–H and O–H groups in total. The SMILES string of the molecule is CCOC(OCC)Oc1ccc(C(C)(CCC(=O)OC(C)(C)C)c2ccc(OC(OCC)OCC)cc2)cc1. The van der Waals surface area contributed by atoms with E-state index in [4.69, 9.17) is 33.2 Å². The van der Waals surface area contributed by atoms with E-state index in [1.165, 1.54) is 0 Å². The van der Waals surface area contributed by atoms with Gasteiger partial charge >= 0.3 is 18.9 Å². The molecule has 0 atom stereocenters. The predicted octanol–water partition coefficient (Wildman–Crippen LogP) is 6.59. The van der Waals surface area contributed by atoms with Crippen LogP contribution in [0.3, 0.4) is 0 Å². The summed E-state index contributed by atoms with van der Waals surface area (Å²) in [6.45, 7) is 15.6. The van der Waals surface area contributed by atoms with Crippen molar-refractivity contribution < 1.29 is 38.0 Å². The minimum absolute atomic E-state index is 0.235. The van der Waals surface area contributed by atoms with Crippen LogP contribution in [0.5, 0.6) is 11.5 Å². The molecule has 0 aromatic heterocycles. The number of hydrogen-bond acceptors (Lipinski definition) is 8. The van der Waals surface area contributed by atoms with Crippen molar-refractivity contribution in [2.45, 2.75) is 92.2 Å². The van der Waals surface area contributed by atoms with Crippen LogP contribution in [0.25, 0.3) is 0 Å². The second-order valence-corrected chi connectivity index (χ2v) is 10.1. The van der Waals surface area contributed by atoms with Gasteiger partial charge in [-0.15, -0.1) is 0 Å². The summed E-state index contributed by atoms with van der Waals surface area (Å²) in [5.74, 6) is 1.02. The lowest BCUT2D eigenvalue weighted by atomic mass is 9.73. The van der Waals surface area contributed by atoms with E-state index < -0.39 is 24.0 Å². The fraction of sp³-hybridized carbons (Fsp3) is 0.581. The number of benzene rings is 2. The summed E-state index contributed by atoms with van der Waals surface area (Å²) < 4.78 is 39.3. The van der Waals surface area contributed by atoms with Gasteiger partial charge in [0.1, 0.15) is 17.1 Å². The maximum absolute atomic E-state index is 12.6. The number of ether oxygens (including phenoxy) is 7. The third-order valence-electron chi connectivity index (χ3n) is 5.91. The zero-order valence-electron chi connectivity index (χ0n) is 24.8. The first-order valence-electron chi connectivity index (χ1n) is 13.8. The van der Waals surface area contributed by atoms with Gasteiger partial charge in [-0.2, -0.15) is 0 Å². The third-order valence-corrected chi connectivity index (χ3v) is 5.91. The van der Waals surface area contributed by atoms with Crippen LogP contribution in [0.4, 0.5) is 0 Å². The monoisotopic (exact) mass is 546 g/mol. The van der Waals surface area contributed by atoms with E-state index in [1.54, 1.807) is 0 Å². The molecule has 8 heteroatoms. The molecule has 2 rings (SSSR count). The number of carbonyl (C=O) groups is 1. The van der Waals surface area contributed by atoms with Crippen molar-refractivity contribution in [1.82, 2.24) is 0 Å². The highest BCUT2D eigenvalue weighted by Crippen LogP contribution is 2.38. The molecule has 218 valence electrons. The van der Waals surface area contributed by atoms with Gasteiger partial charge in [-0.1, -0.05) is 31.2 Å². The van der Waals surface area contributed by atoms with E-state index in [0.29, 0.717) is 44.3 Å². The summed E-state index contributed by atoms with van der Waals surface area (Å²) in [6, 6.07) is 15.6. The van der Waals surface area contributed by atoms with Crippen LogP contribution in [0, 0.1) is 0 Å². The molecule has 8 nitrogen and oxygen atoms in total. The molecule has 0 aliphatic carbocycles. The fourth-order valence-corrected chi connectivity index (χ4v) is 4.00. The predicted molar refractivity (Wildman–Crippen MR) is 150 cm³/mol. The van der Waals surface area contributed by atoms with Crippen LogP contribution in [-0.2, 0) is 33.9 Å². The molecule has 0 fully saturated rings. The molecule has 0 radical (unpaired) electrons. The Bertz CT molecular complexity index is 892. The Balaban J connectivity index is 2.32. The van der Waals surface area contributed by atoms with Crippen molar-refractivity contribution in [2.24, 2.45) is 0 Å². The van der Waals surface area contributed by atoms with Crippen molar-refractivity contribution in [3.8, 4) is 11.5 Å². The Morgan fingerprint density at radius 3 is 1.31 bits per heavy atom. The van der Waals surface area contributed by atoms with E-state index in [0.717, 1.165) is 11.1 Å². The number of hydrogen-bond donors (Lipinski definition) is 0. The quantitative estimate of drug-likeness (QED) is 0.162. The van der Waals surface area contributed by atoms with Gasteiger partial charge in [0.2, 0.25) is 0 Å². The van der Waals surface area contributed by atoms with Crippen LogP contribution in [0.15, 0.2) is 48.5 Å². The molecule has 0 bridgehead atoms. The Morgan fingerprint density at radius 1 is 0.641 bits per heavy atom. The molecule has 0 saturated heterocycles. The maximum atomic E-state index is 12.6. The summed E-state index contributed by atoms with van der Waals surface area (Å²) in [6.07, 6.45) is 0.807. The van der Waals surface area contributed by atoms with E-state index in [1.807, 2.05) is 97.0 Å². The van der Waals surface area contributed by atoms with E-state index in [-0.39, 0.29) is 12.4 Å². The largest absolute Gasteiger partial charge is 0.460 e. The first-order chi connectivity index (χ1) is 18.5. The molecule has 0 aliphatic rings. The molecule has 0 heterocycles. The lowest BCUT2D eigenvalue weighted by molar-refractivity contribution is -0.242. The standard InChI is InChI=1S/C31H46O8/c1-9-33-28(34-10-2)37-25-17-13-23(14-18-25)31(8,22-21-27(32)39-30(5,6)7)24-15-19-26(20-16-24)38-29(35-11-3)36-12-4/h13-20,28-29H,9-12,21-22H2,1-8H3. The minimum Gasteiger partial charge on any atom is -0.460 e. The maximum Gasteiger partial charge on any atom is 0.315 e. The summed E-state index contributed by atoms with van der Waals surface area (Å²) in [7, 11) is 0. The van der Waals surface area contributed by atoms with Gasteiger partial charge in [-0.05, 0) is 90.3 Å². The summed E-state index contributed by atoms with van der Waals surface area (Å²) in [5, 5.41) is 0. The molecular weight excluding hydrogens is 500 g/mol. The highest BCUT2D eigenvalue weighted by atomic mass is 16.8. The van der Waals surface area contributed by atoms with E-state index in [2.05, 4.69) is 6.92 Å². The van der Waals surface area contributed by atoms with Gasteiger partial charge in [-0.25, -0.2) is 0 Å². The molecular formula is C31H46O8. The molecule has 0 saturated carbocycles. The van der Waals surface area contributed by atoms with Gasteiger partial charge in [0.25, 0.3) is 0 Å². The highest BCUT2D eigenvalue weighted by molar-refractivity contribution is 5.70. The van der Waals surface area contributed by atoms with Gasteiger partial charge in [0, 0.05) is 11.8 Å². The van der Waals surface area contributed by atoms with Crippen LogP contribution in [0.1, 0.15) is 79.4 Å². The van der Waals surface area contributed by atoms with E-state index >= 15 is 0 Å². The van der Waals surface area contributed by atoms with Gasteiger partial charge in [0.15, 0.2) is 0 Å². The number of rotatable bonds is 17. The second-order valence-electron chi connectivity index (χ2n) is 10.1. The van der Waals surface area contributed by atoms with Gasteiger partial charge < -0.3 is 33.2 Å².